The molecule has 2 radical (unpaired) electrons. The Hall–Kier alpha value is -0.485. The summed E-state index contributed by atoms with van der Waals surface area (Å²) < 4.78 is 0. The fourth-order valence-corrected chi connectivity index (χ4v) is 1.74. The first kappa shape index (κ1) is 18.9. The minimum Gasteiger partial charge on any atom is -0.309 e. The molecule has 0 rings (SSSR count). The second-order valence-corrected chi connectivity index (χ2v) is 4.76. The van der Waals surface area contributed by atoms with Crippen LogP contribution in [0.25, 0.3) is 0 Å². The van der Waals surface area contributed by atoms with E-state index in [1.807, 2.05) is 0 Å². The SMILES string of the molecule is CCCCCCCCCCCN(C)C.[B]C#N. The fourth-order valence-electron chi connectivity index (χ4n) is 1.74. The predicted octanol–water partition coefficient (Wildman–Crippen LogP) is 3.71. The zero-order valence-electron chi connectivity index (χ0n) is 12.0. The van der Waals surface area contributed by atoms with Crippen molar-refractivity contribution in [1.29, 1.82) is 5.26 Å². The molecule has 0 aliphatic heterocycles. The summed E-state index contributed by atoms with van der Waals surface area (Å²) in [4.78, 5) is 2.28. The summed E-state index contributed by atoms with van der Waals surface area (Å²) in [5.74, 6) is 1.25. The monoisotopic (exact) mass is 236 g/mol. The van der Waals surface area contributed by atoms with Crippen LogP contribution < -0.4 is 0 Å². The number of hydrogen-bond acceptors (Lipinski definition) is 2. The van der Waals surface area contributed by atoms with Crippen LogP contribution in [-0.4, -0.2) is 33.4 Å². The van der Waals surface area contributed by atoms with Gasteiger partial charge in [-0.05, 0) is 33.0 Å². The van der Waals surface area contributed by atoms with E-state index in [1.54, 1.807) is 0 Å². The van der Waals surface area contributed by atoms with E-state index < -0.39 is 0 Å². The van der Waals surface area contributed by atoms with Gasteiger partial charge >= 0.3 is 0 Å². The van der Waals surface area contributed by atoms with Crippen LogP contribution in [0.5, 0.6) is 0 Å². The smallest absolute Gasteiger partial charge is 0.229 e. The van der Waals surface area contributed by atoms with E-state index in [0.29, 0.717) is 0 Å². The van der Waals surface area contributed by atoms with Crippen LogP contribution in [0.1, 0.15) is 64.7 Å². The molecule has 0 aromatic heterocycles. The molecule has 0 aromatic rings. The number of nitrogens with zero attached hydrogens (tertiary/aromatic N) is 2. The van der Waals surface area contributed by atoms with Gasteiger partial charge in [0.05, 0.1) is 0 Å². The molecule has 0 saturated carbocycles. The van der Waals surface area contributed by atoms with Gasteiger partial charge in [-0.25, -0.2) is 5.26 Å². The molecule has 3 heteroatoms. The number of rotatable bonds is 10. The van der Waals surface area contributed by atoms with Crippen molar-refractivity contribution in [1.82, 2.24) is 4.90 Å². The number of hydrogen-bond donors (Lipinski definition) is 0. The average molecular weight is 236 g/mol. The van der Waals surface area contributed by atoms with Crippen LogP contribution in [0.15, 0.2) is 0 Å². The Labute approximate surface area is 110 Å². The molecule has 0 bridgehead atoms. The molecule has 0 heterocycles. The molecule has 0 aliphatic rings. The standard InChI is InChI=1S/C13H29N.CBN/c1-4-5-6-7-8-9-10-11-12-13-14(2)3;2-1-3/h4-13H2,1-3H3;. The van der Waals surface area contributed by atoms with Crippen molar-refractivity contribution in [2.45, 2.75) is 64.7 Å². The molecule has 0 aromatic carbocycles. The van der Waals surface area contributed by atoms with Gasteiger partial charge in [-0.3, -0.25) is 0 Å². The second kappa shape index (κ2) is 17.9. The Morgan fingerprint density at radius 1 is 0.882 bits per heavy atom. The molecule has 98 valence electrons. The second-order valence-electron chi connectivity index (χ2n) is 4.76. The molecular weight excluding hydrogens is 207 g/mol. The Morgan fingerprint density at radius 2 is 1.24 bits per heavy atom. The Bertz CT molecular complexity index is 164. The minimum absolute atomic E-state index is 1.25. The number of nitriles is 1. The lowest BCUT2D eigenvalue weighted by Crippen LogP contribution is -2.12. The Balaban J connectivity index is 0. The van der Waals surface area contributed by atoms with Crippen molar-refractivity contribution in [2.75, 3.05) is 20.6 Å². The van der Waals surface area contributed by atoms with E-state index in [9.17, 15) is 0 Å². The van der Waals surface area contributed by atoms with E-state index in [1.165, 1.54) is 70.3 Å². The summed E-state index contributed by atoms with van der Waals surface area (Å²) in [6.07, 6.45) is 12.9. The maximum Gasteiger partial charge on any atom is 0.229 e. The van der Waals surface area contributed by atoms with Crippen molar-refractivity contribution >= 4 is 7.85 Å². The molecule has 2 nitrogen and oxygen atoms in total. The first-order chi connectivity index (χ1) is 8.18. The van der Waals surface area contributed by atoms with Crippen LogP contribution in [0.2, 0.25) is 0 Å². The summed E-state index contributed by atoms with van der Waals surface area (Å²) in [7, 11) is 8.47. The third-order valence-electron chi connectivity index (χ3n) is 2.71. The largest absolute Gasteiger partial charge is 0.309 e. The maximum atomic E-state index is 7.10. The van der Waals surface area contributed by atoms with Gasteiger partial charge in [-0.15, -0.1) is 0 Å². The first-order valence-electron chi connectivity index (χ1n) is 6.93. The topological polar surface area (TPSA) is 27.0 Å². The Kier molecular flexibility index (Phi) is 19.9. The molecular formula is C14H29BN2. The fraction of sp³-hybridized carbons (Fsp3) is 0.929. The lowest BCUT2D eigenvalue weighted by atomic mass is 10.1. The van der Waals surface area contributed by atoms with Crippen molar-refractivity contribution in [3.63, 3.8) is 0 Å². The normalized spacial score (nSPS) is 9.59. The van der Waals surface area contributed by atoms with Crippen molar-refractivity contribution in [2.24, 2.45) is 0 Å². The van der Waals surface area contributed by atoms with E-state index in [0.717, 1.165) is 0 Å². The lowest BCUT2D eigenvalue weighted by Gasteiger charge is -2.08. The summed E-state index contributed by atoms with van der Waals surface area (Å²) in [6.45, 7) is 3.54. The highest BCUT2D eigenvalue weighted by atomic mass is 15.0. The lowest BCUT2D eigenvalue weighted by molar-refractivity contribution is 0.389. The molecule has 17 heavy (non-hydrogen) atoms. The summed E-state index contributed by atoms with van der Waals surface area (Å²) >= 11 is 0. The van der Waals surface area contributed by atoms with Gasteiger partial charge in [-0.1, -0.05) is 58.3 Å². The highest BCUT2D eigenvalue weighted by Gasteiger charge is 1.92. The van der Waals surface area contributed by atoms with Gasteiger partial charge in [-0.2, -0.15) is 0 Å². The summed E-state index contributed by atoms with van der Waals surface area (Å²) in [6, 6.07) is 0. The van der Waals surface area contributed by atoms with Gasteiger partial charge < -0.3 is 4.90 Å². The minimum atomic E-state index is 1.25. The molecule has 0 saturated heterocycles. The number of unbranched alkanes of at least 4 members (excludes halogenated alkanes) is 8. The molecule has 0 atom stereocenters. The van der Waals surface area contributed by atoms with Gasteiger partial charge in [0.1, 0.15) is 0 Å². The third kappa shape index (κ3) is 25.6. The summed E-state index contributed by atoms with van der Waals surface area (Å²) in [5.41, 5.74) is 0. The average Bonchev–Trinajstić information content (AvgIpc) is 2.27. The molecule has 0 unspecified atom stereocenters. The van der Waals surface area contributed by atoms with Crippen LogP contribution in [0, 0.1) is 11.2 Å². The molecule has 0 aliphatic carbocycles. The van der Waals surface area contributed by atoms with Gasteiger partial charge in [0.2, 0.25) is 7.85 Å². The molecule has 0 amide bonds. The highest BCUT2D eigenvalue weighted by molar-refractivity contribution is 6.20. The van der Waals surface area contributed by atoms with E-state index >= 15 is 0 Å². The van der Waals surface area contributed by atoms with Crippen molar-refractivity contribution < 1.29 is 0 Å². The Morgan fingerprint density at radius 3 is 1.59 bits per heavy atom. The molecule has 0 spiro atoms. The first-order valence-corrected chi connectivity index (χ1v) is 6.93. The summed E-state index contributed by atoms with van der Waals surface area (Å²) in [5, 5.41) is 7.10. The van der Waals surface area contributed by atoms with E-state index in [2.05, 4.69) is 33.8 Å². The van der Waals surface area contributed by atoms with Crippen LogP contribution in [0.3, 0.4) is 0 Å². The maximum absolute atomic E-state index is 7.10. The van der Waals surface area contributed by atoms with Gasteiger partial charge in [0.25, 0.3) is 0 Å². The van der Waals surface area contributed by atoms with Crippen LogP contribution >= 0.6 is 0 Å². The molecule has 0 N–H and O–H groups in total. The van der Waals surface area contributed by atoms with Crippen LogP contribution in [0.4, 0.5) is 0 Å². The molecule has 0 fully saturated rings. The van der Waals surface area contributed by atoms with E-state index in [-0.39, 0.29) is 0 Å². The predicted molar refractivity (Wildman–Crippen MR) is 77.1 cm³/mol. The van der Waals surface area contributed by atoms with Gasteiger partial charge in [0, 0.05) is 0 Å². The quantitative estimate of drug-likeness (QED) is 0.427. The van der Waals surface area contributed by atoms with Crippen LogP contribution in [-0.2, 0) is 0 Å². The third-order valence-corrected chi connectivity index (χ3v) is 2.71. The van der Waals surface area contributed by atoms with Crippen molar-refractivity contribution in [3.8, 4) is 5.97 Å². The zero-order valence-corrected chi connectivity index (χ0v) is 12.0. The zero-order chi connectivity index (χ0) is 13.4. The van der Waals surface area contributed by atoms with Gasteiger partial charge in [0.15, 0.2) is 0 Å². The highest BCUT2D eigenvalue weighted by Crippen LogP contribution is 2.09. The van der Waals surface area contributed by atoms with E-state index in [4.69, 9.17) is 5.26 Å². The van der Waals surface area contributed by atoms with Crippen molar-refractivity contribution in [3.05, 3.63) is 0 Å².